The lowest BCUT2D eigenvalue weighted by molar-refractivity contribution is 0.408. The lowest BCUT2D eigenvalue weighted by Crippen LogP contribution is -2.28. The van der Waals surface area contributed by atoms with Gasteiger partial charge in [-0.2, -0.15) is 0 Å². The largest absolute Gasteiger partial charge is 0.354 e. The van der Waals surface area contributed by atoms with E-state index in [1.54, 1.807) is 12.1 Å². The van der Waals surface area contributed by atoms with E-state index in [0.29, 0.717) is 6.04 Å². The predicted octanol–water partition coefficient (Wildman–Crippen LogP) is 8.64. The quantitative estimate of drug-likeness (QED) is 0.395. The molecule has 3 aromatic rings. The number of fused-ring (bicyclic) bond motifs is 4. The van der Waals surface area contributed by atoms with Gasteiger partial charge in [0.05, 0.1) is 5.69 Å². The lowest BCUT2D eigenvalue weighted by Gasteiger charge is -2.17. The van der Waals surface area contributed by atoms with Crippen molar-refractivity contribution >= 4 is 16.5 Å². The molecule has 0 saturated carbocycles. The van der Waals surface area contributed by atoms with E-state index in [4.69, 9.17) is 0 Å². The molecule has 2 N–H and O–H groups in total. The monoisotopic (exact) mass is 458 g/mol. The number of allylic oxidation sites excluding steroid dienone is 1. The predicted molar refractivity (Wildman–Crippen MR) is 142 cm³/mol. The Balaban J connectivity index is 1.54. The first-order valence-corrected chi connectivity index (χ1v) is 13.6. The van der Waals surface area contributed by atoms with Gasteiger partial charge in [-0.25, -0.2) is 4.39 Å². The standard InChI is InChI=1S/C31H39FN2/c32-26-16-18-28-29(22-26)34-31(24-13-9-7-10-14-24)30(28)25-20-23-12-8-5-3-1-2-4-6-11-19-33-27(21-25)17-15-23/h7,9-10,13-14,16,18,21-23,27,33-34H,1-6,8,11-12,15,17,19-20H2. The van der Waals surface area contributed by atoms with Gasteiger partial charge in [0.1, 0.15) is 5.82 Å². The third-order valence-electron chi connectivity index (χ3n) is 7.89. The average molecular weight is 459 g/mol. The second-order valence-electron chi connectivity index (χ2n) is 10.4. The first-order chi connectivity index (χ1) is 16.8. The third-order valence-corrected chi connectivity index (χ3v) is 7.89. The Kier molecular flexibility index (Phi) is 7.80. The number of benzene rings is 2. The van der Waals surface area contributed by atoms with Crippen molar-refractivity contribution in [3.05, 3.63) is 66.0 Å². The summed E-state index contributed by atoms with van der Waals surface area (Å²) in [5.41, 5.74) is 5.90. The van der Waals surface area contributed by atoms with Gasteiger partial charge in [0.25, 0.3) is 0 Å². The summed E-state index contributed by atoms with van der Waals surface area (Å²) in [7, 11) is 0. The minimum absolute atomic E-state index is 0.186. The fourth-order valence-corrected chi connectivity index (χ4v) is 6.05. The van der Waals surface area contributed by atoms with Gasteiger partial charge in [-0.1, -0.05) is 87.8 Å². The van der Waals surface area contributed by atoms with Gasteiger partial charge in [-0.3, -0.25) is 0 Å². The van der Waals surface area contributed by atoms with Gasteiger partial charge >= 0.3 is 0 Å². The molecule has 1 saturated heterocycles. The topological polar surface area (TPSA) is 27.8 Å². The number of rotatable bonds is 2. The molecule has 2 atom stereocenters. The highest BCUT2D eigenvalue weighted by Gasteiger charge is 2.24. The van der Waals surface area contributed by atoms with Crippen molar-refractivity contribution in [2.45, 2.75) is 83.1 Å². The highest BCUT2D eigenvalue weighted by molar-refractivity contribution is 6.00. The van der Waals surface area contributed by atoms with Crippen molar-refractivity contribution in [1.82, 2.24) is 10.3 Å². The number of hydrogen-bond acceptors (Lipinski definition) is 1. The Hall–Kier alpha value is -2.39. The Morgan fingerprint density at radius 1 is 0.765 bits per heavy atom. The van der Waals surface area contributed by atoms with Crippen molar-refractivity contribution in [3.63, 3.8) is 0 Å². The van der Waals surface area contributed by atoms with Crippen LogP contribution in [-0.4, -0.2) is 17.6 Å². The maximum atomic E-state index is 14.1. The summed E-state index contributed by atoms with van der Waals surface area (Å²) in [6, 6.07) is 16.2. The second-order valence-corrected chi connectivity index (χ2v) is 10.4. The van der Waals surface area contributed by atoms with E-state index in [1.807, 2.05) is 6.07 Å². The minimum atomic E-state index is -0.186. The van der Waals surface area contributed by atoms with Gasteiger partial charge in [-0.15, -0.1) is 0 Å². The van der Waals surface area contributed by atoms with Crippen LogP contribution in [-0.2, 0) is 0 Å². The molecule has 180 valence electrons. The van der Waals surface area contributed by atoms with Crippen LogP contribution in [0.3, 0.4) is 0 Å². The fraction of sp³-hybridized carbons (Fsp3) is 0.484. The molecule has 1 fully saturated rings. The molecule has 2 unspecified atom stereocenters. The average Bonchev–Trinajstić information content (AvgIpc) is 3.10. The summed E-state index contributed by atoms with van der Waals surface area (Å²) < 4.78 is 14.1. The zero-order chi connectivity index (χ0) is 23.2. The number of aromatic nitrogens is 1. The number of hydrogen-bond donors (Lipinski definition) is 2. The van der Waals surface area contributed by atoms with E-state index in [2.05, 4.69) is 46.7 Å². The van der Waals surface area contributed by atoms with Crippen LogP contribution in [0.1, 0.15) is 82.6 Å². The van der Waals surface area contributed by atoms with E-state index in [9.17, 15) is 4.39 Å². The van der Waals surface area contributed by atoms with Crippen LogP contribution in [0.25, 0.3) is 27.7 Å². The highest BCUT2D eigenvalue weighted by atomic mass is 19.1. The van der Waals surface area contributed by atoms with Crippen molar-refractivity contribution < 1.29 is 4.39 Å². The van der Waals surface area contributed by atoms with Gasteiger partial charge in [0.2, 0.25) is 0 Å². The Morgan fingerprint density at radius 2 is 1.53 bits per heavy atom. The molecule has 1 aliphatic heterocycles. The molecule has 2 nitrogen and oxygen atoms in total. The van der Waals surface area contributed by atoms with Crippen LogP contribution in [0.2, 0.25) is 0 Å². The van der Waals surface area contributed by atoms with E-state index in [1.165, 1.54) is 87.3 Å². The summed E-state index contributed by atoms with van der Waals surface area (Å²) >= 11 is 0. The van der Waals surface area contributed by atoms with Crippen LogP contribution >= 0.6 is 0 Å². The van der Waals surface area contributed by atoms with E-state index in [0.717, 1.165) is 35.5 Å². The smallest absolute Gasteiger partial charge is 0.125 e. The van der Waals surface area contributed by atoms with Crippen molar-refractivity contribution in [2.24, 2.45) is 5.92 Å². The Labute approximate surface area is 204 Å². The number of aromatic amines is 1. The summed E-state index contributed by atoms with van der Waals surface area (Å²) in [4.78, 5) is 3.59. The SMILES string of the molecule is Fc1ccc2c(C3=CC4CCC(CCCCCCCCCCN4)C3)c(-c3ccccc3)[nH]c2c1. The van der Waals surface area contributed by atoms with Crippen LogP contribution in [0.15, 0.2) is 54.6 Å². The van der Waals surface area contributed by atoms with Gasteiger partial charge in [-0.05, 0) is 67.5 Å². The first-order valence-electron chi connectivity index (χ1n) is 13.6. The molecule has 2 aromatic carbocycles. The molecular formula is C31H39FN2. The zero-order valence-electron chi connectivity index (χ0n) is 20.4. The maximum absolute atomic E-state index is 14.1. The second kappa shape index (κ2) is 11.4. The van der Waals surface area contributed by atoms with Crippen LogP contribution in [0, 0.1) is 11.7 Å². The molecule has 2 bridgehead atoms. The normalized spacial score (nSPS) is 23.1. The first kappa shape index (κ1) is 23.4. The van der Waals surface area contributed by atoms with Gasteiger partial charge in [0, 0.05) is 22.5 Å². The molecule has 3 heteroatoms. The highest BCUT2D eigenvalue weighted by Crippen LogP contribution is 2.41. The Bertz CT molecular complexity index is 1100. The lowest BCUT2D eigenvalue weighted by atomic mass is 9.87. The van der Waals surface area contributed by atoms with Gasteiger partial charge < -0.3 is 10.3 Å². The maximum Gasteiger partial charge on any atom is 0.125 e. The fourth-order valence-electron chi connectivity index (χ4n) is 6.05. The van der Waals surface area contributed by atoms with Crippen LogP contribution in [0.4, 0.5) is 4.39 Å². The van der Waals surface area contributed by atoms with Gasteiger partial charge in [0.15, 0.2) is 0 Å². The summed E-state index contributed by atoms with van der Waals surface area (Å²) in [5.74, 6) is 0.533. The van der Waals surface area contributed by atoms with Crippen molar-refractivity contribution in [1.29, 1.82) is 0 Å². The summed E-state index contributed by atoms with van der Waals surface area (Å²) in [6.07, 6.45) is 18.4. The third kappa shape index (κ3) is 5.63. The molecule has 0 amide bonds. The molecule has 1 aliphatic carbocycles. The molecule has 2 aliphatic rings. The van der Waals surface area contributed by atoms with Crippen molar-refractivity contribution in [3.8, 4) is 11.3 Å². The molecule has 1 aromatic heterocycles. The number of nitrogens with one attached hydrogen (secondary N) is 2. The number of H-pyrrole nitrogens is 1. The molecule has 2 heterocycles. The van der Waals surface area contributed by atoms with E-state index in [-0.39, 0.29) is 5.82 Å². The minimum Gasteiger partial charge on any atom is -0.354 e. The molecular weight excluding hydrogens is 419 g/mol. The van der Waals surface area contributed by atoms with Crippen molar-refractivity contribution in [2.75, 3.05) is 6.54 Å². The van der Waals surface area contributed by atoms with E-state index < -0.39 is 0 Å². The summed E-state index contributed by atoms with van der Waals surface area (Å²) in [6.45, 7) is 1.10. The summed E-state index contributed by atoms with van der Waals surface area (Å²) in [5, 5.41) is 5.02. The zero-order valence-corrected chi connectivity index (χ0v) is 20.4. The number of halogens is 1. The molecule has 5 rings (SSSR count). The molecule has 0 radical (unpaired) electrons. The molecule has 0 spiro atoms. The van der Waals surface area contributed by atoms with E-state index >= 15 is 0 Å². The van der Waals surface area contributed by atoms with Crippen LogP contribution < -0.4 is 5.32 Å². The van der Waals surface area contributed by atoms with Crippen LogP contribution in [0.5, 0.6) is 0 Å². The Morgan fingerprint density at radius 3 is 2.35 bits per heavy atom. The molecule has 34 heavy (non-hydrogen) atoms.